The SMILES string of the molecule is N#Cc1ccc(C2=NCC(CBr)O2)cc1. The van der Waals surface area contributed by atoms with Crippen LogP contribution < -0.4 is 0 Å². The fourth-order valence-corrected chi connectivity index (χ4v) is 1.68. The van der Waals surface area contributed by atoms with E-state index in [0.717, 1.165) is 10.9 Å². The van der Waals surface area contributed by atoms with Crippen LogP contribution in [-0.4, -0.2) is 23.9 Å². The molecule has 0 aromatic heterocycles. The molecule has 76 valence electrons. The van der Waals surface area contributed by atoms with Crippen LogP contribution in [0.4, 0.5) is 0 Å². The molecule has 0 amide bonds. The van der Waals surface area contributed by atoms with Gasteiger partial charge in [-0.2, -0.15) is 5.26 Å². The zero-order valence-corrected chi connectivity index (χ0v) is 9.57. The van der Waals surface area contributed by atoms with E-state index in [-0.39, 0.29) is 6.10 Å². The summed E-state index contributed by atoms with van der Waals surface area (Å²) < 4.78 is 5.59. The van der Waals surface area contributed by atoms with Gasteiger partial charge in [-0.3, -0.25) is 0 Å². The molecule has 0 aliphatic carbocycles. The van der Waals surface area contributed by atoms with Gasteiger partial charge < -0.3 is 4.74 Å². The molecule has 1 unspecified atom stereocenters. The topological polar surface area (TPSA) is 45.4 Å². The van der Waals surface area contributed by atoms with Crippen LogP contribution in [0.1, 0.15) is 11.1 Å². The molecule has 1 aliphatic heterocycles. The number of benzene rings is 1. The van der Waals surface area contributed by atoms with Gasteiger partial charge in [-0.1, -0.05) is 15.9 Å². The van der Waals surface area contributed by atoms with Crippen LogP contribution in [-0.2, 0) is 4.74 Å². The van der Waals surface area contributed by atoms with E-state index in [1.807, 2.05) is 12.1 Å². The third-order valence-corrected chi connectivity index (χ3v) is 2.87. The number of rotatable bonds is 2. The minimum Gasteiger partial charge on any atom is -0.471 e. The van der Waals surface area contributed by atoms with E-state index >= 15 is 0 Å². The van der Waals surface area contributed by atoms with E-state index in [9.17, 15) is 0 Å². The molecule has 15 heavy (non-hydrogen) atoms. The summed E-state index contributed by atoms with van der Waals surface area (Å²) >= 11 is 3.36. The lowest BCUT2D eigenvalue weighted by Gasteiger charge is -2.07. The van der Waals surface area contributed by atoms with Crippen molar-refractivity contribution in [1.82, 2.24) is 0 Å². The smallest absolute Gasteiger partial charge is 0.216 e. The predicted molar refractivity (Wildman–Crippen MR) is 61.2 cm³/mol. The van der Waals surface area contributed by atoms with Gasteiger partial charge in [-0.05, 0) is 24.3 Å². The molecule has 0 N–H and O–H groups in total. The lowest BCUT2D eigenvalue weighted by Crippen LogP contribution is -2.14. The van der Waals surface area contributed by atoms with Crippen molar-refractivity contribution in [2.75, 3.05) is 11.9 Å². The average Bonchev–Trinajstić information content (AvgIpc) is 2.78. The number of halogens is 1. The predicted octanol–water partition coefficient (Wildman–Crippen LogP) is 2.10. The highest BCUT2D eigenvalue weighted by Gasteiger charge is 2.19. The van der Waals surface area contributed by atoms with Crippen LogP contribution in [0.3, 0.4) is 0 Å². The number of aliphatic imine (C=N–C) groups is 1. The molecule has 0 radical (unpaired) electrons. The second-order valence-electron chi connectivity index (χ2n) is 3.23. The molecule has 0 spiro atoms. The molecule has 0 fully saturated rings. The van der Waals surface area contributed by atoms with Gasteiger partial charge in [0.1, 0.15) is 6.10 Å². The van der Waals surface area contributed by atoms with Crippen LogP contribution in [0, 0.1) is 11.3 Å². The van der Waals surface area contributed by atoms with Gasteiger partial charge >= 0.3 is 0 Å². The second-order valence-corrected chi connectivity index (χ2v) is 3.88. The molecule has 1 atom stereocenters. The van der Waals surface area contributed by atoms with Gasteiger partial charge in [-0.15, -0.1) is 0 Å². The van der Waals surface area contributed by atoms with Crippen molar-refractivity contribution in [3.8, 4) is 6.07 Å². The van der Waals surface area contributed by atoms with Gasteiger partial charge in [0.05, 0.1) is 18.2 Å². The van der Waals surface area contributed by atoms with Crippen LogP contribution in [0.2, 0.25) is 0 Å². The van der Waals surface area contributed by atoms with Crippen molar-refractivity contribution in [3.05, 3.63) is 35.4 Å². The number of hydrogen-bond donors (Lipinski definition) is 0. The zero-order chi connectivity index (χ0) is 10.7. The Morgan fingerprint density at radius 2 is 2.20 bits per heavy atom. The Bertz CT molecular complexity index is 419. The van der Waals surface area contributed by atoms with Crippen LogP contribution >= 0.6 is 15.9 Å². The number of alkyl halides is 1. The Kier molecular flexibility index (Phi) is 3.02. The van der Waals surface area contributed by atoms with E-state index < -0.39 is 0 Å². The summed E-state index contributed by atoms with van der Waals surface area (Å²) in [5, 5.41) is 9.44. The Hall–Kier alpha value is -1.34. The third kappa shape index (κ3) is 2.18. The standard InChI is InChI=1S/C11H9BrN2O/c12-5-10-7-14-11(15-10)9-3-1-8(6-13)2-4-9/h1-4,10H,5,7H2. The molecule has 0 bridgehead atoms. The normalized spacial score (nSPS) is 19.2. The quantitative estimate of drug-likeness (QED) is 0.768. The van der Waals surface area contributed by atoms with Gasteiger partial charge in [0.25, 0.3) is 0 Å². The van der Waals surface area contributed by atoms with Crippen molar-refractivity contribution < 1.29 is 4.74 Å². The minimum absolute atomic E-state index is 0.135. The highest BCUT2D eigenvalue weighted by Crippen LogP contribution is 2.14. The van der Waals surface area contributed by atoms with E-state index in [1.165, 1.54) is 0 Å². The fourth-order valence-electron chi connectivity index (χ4n) is 1.34. The molecule has 2 rings (SSSR count). The molecule has 3 nitrogen and oxygen atoms in total. The summed E-state index contributed by atoms with van der Waals surface area (Å²) in [6.07, 6.45) is 0.135. The molecule has 1 heterocycles. The molecule has 1 aromatic rings. The van der Waals surface area contributed by atoms with Gasteiger partial charge in [0, 0.05) is 10.9 Å². The van der Waals surface area contributed by atoms with Gasteiger partial charge in [0.15, 0.2) is 0 Å². The average molecular weight is 265 g/mol. The van der Waals surface area contributed by atoms with Crippen molar-refractivity contribution in [1.29, 1.82) is 5.26 Å². The van der Waals surface area contributed by atoms with Crippen molar-refractivity contribution >= 4 is 21.8 Å². The summed E-state index contributed by atoms with van der Waals surface area (Å²) in [4.78, 5) is 4.30. The largest absolute Gasteiger partial charge is 0.471 e. The van der Waals surface area contributed by atoms with Gasteiger partial charge in [-0.25, -0.2) is 4.99 Å². The first-order chi connectivity index (χ1) is 7.33. The van der Waals surface area contributed by atoms with Crippen molar-refractivity contribution in [3.63, 3.8) is 0 Å². The summed E-state index contributed by atoms with van der Waals surface area (Å²) in [6.45, 7) is 0.695. The molecule has 1 aliphatic rings. The second kappa shape index (κ2) is 4.45. The maximum absolute atomic E-state index is 8.66. The van der Waals surface area contributed by atoms with Gasteiger partial charge in [0.2, 0.25) is 5.90 Å². The maximum Gasteiger partial charge on any atom is 0.216 e. The number of ether oxygens (including phenoxy) is 1. The van der Waals surface area contributed by atoms with Crippen LogP contribution in [0.15, 0.2) is 29.3 Å². The van der Waals surface area contributed by atoms with Crippen molar-refractivity contribution in [2.24, 2.45) is 4.99 Å². The van der Waals surface area contributed by atoms with Crippen LogP contribution in [0.25, 0.3) is 0 Å². The monoisotopic (exact) mass is 264 g/mol. The Balaban J connectivity index is 2.15. The zero-order valence-electron chi connectivity index (χ0n) is 7.98. The van der Waals surface area contributed by atoms with E-state index in [4.69, 9.17) is 10.00 Å². The number of hydrogen-bond acceptors (Lipinski definition) is 3. The first kappa shape index (κ1) is 10.2. The van der Waals surface area contributed by atoms with E-state index in [0.29, 0.717) is 18.0 Å². The molecule has 0 saturated carbocycles. The third-order valence-electron chi connectivity index (χ3n) is 2.15. The van der Waals surface area contributed by atoms with E-state index in [2.05, 4.69) is 27.0 Å². The first-order valence-electron chi connectivity index (χ1n) is 4.61. The highest BCUT2D eigenvalue weighted by atomic mass is 79.9. The Morgan fingerprint density at radius 3 is 2.73 bits per heavy atom. The lowest BCUT2D eigenvalue weighted by atomic mass is 10.1. The Labute approximate surface area is 96.5 Å². The van der Waals surface area contributed by atoms with Crippen LogP contribution in [0.5, 0.6) is 0 Å². The summed E-state index contributed by atoms with van der Waals surface area (Å²) in [5.74, 6) is 0.670. The maximum atomic E-state index is 8.66. The summed E-state index contributed by atoms with van der Waals surface area (Å²) in [7, 11) is 0. The highest BCUT2D eigenvalue weighted by molar-refractivity contribution is 9.09. The summed E-state index contributed by atoms with van der Waals surface area (Å²) in [6, 6.07) is 9.32. The first-order valence-corrected chi connectivity index (χ1v) is 5.73. The van der Waals surface area contributed by atoms with E-state index in [1.54, 1.807) is 12.1 Å². The molecule has 4 heteroatoms. The molecule has 1 aromatic carbocycles. The summed E-state index contributed by atoms with van der Waals surface area (Å²) in [5.41, 5.74) is 1.58. The van der Waals surface area contributed by atoms with Crippen molar-refractivity contribution in [2.45, 2.75) is 6.10 Å². The lowest BCUT2D eigenvalue weighted by molar-refractivity contribution is 0.252. The molecular weight excluding hydrogens is 256 g/mol. The number of nitriles is 1. The molecular formula is C11H9BrN2O. The fraction of sp³-hybridized carbons (Fsp3) is 0.273. The Morgan fingerprint density at radius 1 is 1.47 bits per heavy atom. The number of nitrogens with zero attached hydrogens (tertiary/aromatic N) is 2. The minimum atomic E-state index is 0.135. The molecule has 0 saturated heterocycles.